The first-order chi connectivity index (χ1) is 17.0. The summed E-state index contributed by atoms with van der Waals surface area (Å²) in [5.74, 6) is -3.06. The van der Waals surface area contributed by atoms with Crippen LogP contribution in [-0.2, 0) is 4.74 Å². The van der Waals surface area contributed by atoms with Gasteiger partial charge in [-0.3, -0.25) is 19.3 Å². The number of ether oxygens (including phenoxy) is 2. The van der Waals surface area contributed by atoms with Crippen LogP contribution in [0.2, 0.25) is 0 Å². The number of amides is 1. The summed E-state index contributed by atoms with van der Waals surface area (Å²) in [6, 6.07) is 11.4. The molecular weight excluding hydrogens is 460 g/mol. The number of aromatic hydroxyl groups is 1. The molecular formula is C25H21F2N3O5. The quantitative estimate of drug-likeness (QED) is 0.606. The highest BCUT2D eigenvalue weighted by atomic mass is 19.2. The molecule has 35 heavy (non-hydrogen) atoms. The van der Waals surface area contributed by atoms with Crippen LogP contribution in [0.15, 0.2) is 59.5 Å². The fourth-order valence-electron chi connectivity index (χ4n) is 5.07. The SMILES string of the molecule is O=C1c2c(O)c(=O)ccn2N2[C@H](c3ccccc3)c3cc(F)c(F)cc3OCC[C@H]2N1C1COC1. The molecule has 4 heterocycles. The van der Waals surface area contributed by atoms with E-state index >= 15 is 0 Å². The monoisotopic (exact) mass is 481 g/mol. The summed E-state index contributed by atoms with van der Waals surface area (Å²) in [5.41, 5.74) is 0.196. The van der Waals surface area contributed by atoms with Gasteiger partial charge in [0.1, 0.15) is 18.0 Å². The van der Waals surface area contributed by atoms with Crippen LogP contribution in [0.3, 0.4) is 0 Å². The van der Waals surface area contributed by atoms with Crippen molar-refractivity contribution in [3.05, 3.63) is 93.4 Å². The number of hydrogen-bond donors (Lipinski definition) is 1. The van der Waals surface area contributed by atoms with Gasteiger partial charge in [-0.2, -0.15) is 0 Å². The molecule has 0 spiro atoms. The van der Waals surface area contributed by atoms with Crippen molar-refractivity contribution in [1.82, 2.24) is 9.58 Å². The van der Waals surface area contributed by atoms with Gasteiger partial charge < -0.3 is 19.5 Å². The van der Waals surface area contributed by atoms with Crippen LogP contribution in [0.4, 0.5) is 8.78 Å². The van der Waals surface area contributed by atoms with Gasteiger partial charge in [0.25, 0.3) is 5.91 Å². The number of nitrogens with zero attached hydrogens (tertiary/aromatic N) is 3. The van der Waals surface area contributed by atoms with Crippen molar-refractivity contribution >= 4 is 5.91 Å². The van der Waals surface area contributed by atoms with Gasteiger partial charge >= 0.3 is 0 Å². The number of fused-ring (bicyclic) bond motifs is 4. The molecule has 6 rings (SSSR count). The van der Waals surface area contributed by atoms with Gasteiger partial charge in [-0.05, 0) is 11.6 Å². The molecule has 8 nitrogen and oxygen atoms in total. The molecule has 1 saturated heterocycles. The van der Waals surface area contributed by atoms with Crippen molar-refractivity contribution in [3.63, 3.8) is 0 Å². The van der Waals surface area contributed by atoms with E-state index in [1.807, 2.05) is 35.3 Å². The first-order valence-corrected chi connectivity index (χ1v) is 11.3. The van der Waals surface area contributed by atoms with Crippen molar-refractivity contribution in [2.24, 2.45) is 0 Å². The minimum absolute atomic E-state index is 0.125. The van der Waals surface area contributed by atoms with Gasteiger partial charge in [0, 0.05) is 30.3 Å². The Bertz CT molecular complexity index is 1380. The number of carbonyl (C=O) groups is 1. The number of rotatable bonds is 2. The number of hydrogen-bond acceptors (Lipinski definition) is 6. The first-order valence-electron chi connectivity index (χ1n) is 11.3. The molecule has 0 bridgehead atoms. The summed E-state index contributed by atoms with van der Waals surface area (Å²) in [4.78, 5) is 27.6. The summed E-state index contributed by atoms with van der Waals surface area (Å²) in [7, 11) is 0. The van der Waals surface area contributed by atoms with Crippen LogP contribution < -0.4 is 15.2 Å². The third-order valence-electron chi connectivity index (χ3n) is 6.74. The summed E-state index contributed by atoms with van der Waals surface area (Å²) < 4.78 is 41.5. The van der Waals surface area contributed by atoms with Crippen molar-refractivity contribution in [3.8, 4) is 11.5 Å². The van der Waals surface area contributed by atoms with Gasteiger partial charge in [-0.1, -0.05) is 30.3 Å². The number of benzene rings is 2. The topological polar surface area (TPSA) is 84.2 Å². The lowest BCUT2D eigenvalue weighted by molar-refractivity contribution is -0.0758. The molecule has 0 aliphatic carbocycles. The van der Waals surface area contributed by atoms with Gasteiger partial charge in [-0.15, -0.1) is 0 Å². The van der Waals surface area contributed by atoms with E-state index in [0.717, 1.165) is 17.7 Å². The molecule has 3 aliphatic rings. The Labute approximate surface area is 198 Å². The highest BCUT2D eigenvalue weighted by Gasteiger charge is 2.48. The van der Waals surface area contributed by atoms with Gasteiger partial charge in [-0.25, -0.2) is 8.78 Å². The lowest BCUT2D eigenvalue weighted by Gasteiger charge is -2.54. The van der Waals surface area contributed by atoms with E-state index in [9.17, 15) is 23.5 Å². The second-order valence-electron chi connectivity index (χ2n) is 8.74. The number of carbonyl (C=O) groups excluding carboxylic acids is 1. The van der Waals surface area contributed by atoms with Crippen LogP contribution >= 0.6 is 0 Å². The van der Waals surface area contributed by atoms with E-state index in [1.165, 1.54) is 16.9 Å². The maximum atomic E-state index is 14.6. The van der Waals surface area contributed by atoms with E-state index in [4.69, 9.17) is 9.47 Å². The molecule has 2 aromatic carbocycles. The van der Waals surface area contributed by atoms with Crippen LogP contribution in [-0.4, -0.2) is 52.6 Å². The normalized spacial score (nSPS) is 21.7. The Morgan fingerprint density at radius 2 is 1.74 bits per heavy atom. The Morgan fingerprint density at radius 1 is 1.00 bits per heavy atom. The van der Waals surface area contributed by atoms with Gasteiger partial charge in [0.15, 0.2) is 23.1 Å². The van der Waals surface area contributed by atoms with Gasteiger partial charge in [0.05, 0.1) is 25.9 Å². The Kier molecular flexibility index (Phi) is 4.99. The van der Waals surface area contributed by atoms with E-state index in [1.54, 1.807) is 4.90 Å². The minimum Gasteiger partial charge on any atom is -0.502 e. The van der Waals surface area contributed by atoms with Crippen LogP contribution in [0.25, 0.3) is 0 Å². The van der Waals surface area contributed by atoms with Crippen LogP contribution in [0.1, 0.15) is 34.1 Å². The Balaban J connectivity index is 1.66. The summed E-state index contributed by atoms with van der Waals surface area (Å²) in [6.07, 6.45) is 1.17. The first kappa shape index (κ1) is 21.6. The molecule has 3 aliphatic heterocycles. The predicted octanol–water partition coefficient (Wildman–Crippen LogP) is 2.52. The second-order valence-corrected chi connectivity index (χ2v) is 8.74. The Hall–Kier alpha value is -3.92. The maximum absolute atomic E-state index is 14.6. The third-order valence-corrected chi connectivity index (χ3v) is 6.74. The molecule has 0 unspecified atom stereocenters. The molecule has 1 N–H and O–H groups in total. The lowest BCUT2D eigenvalue weighted by atomic mass is 9.94. The zero-order valence-corrected chi connectivity index (χ0v) is 18.4. The largest absolute Gasteiger partial charge is 0.502 e. The third kappa shape index (κ3) is 3.28. The zero-order valence-electron chi connectivity index (χ0n) is 18.4. The highest BCUT2D eigenvalue weighted by molar-refractivity contribution is 5.96. The minimum atomic E-state index is -1.04. The molecule has 1 aromatic heterocycles. The molecule has 180 valence electrons. The van der Waals surface area contributed by atoms with Crippen molar-refractivity contribution in [1.29, 1.82) is 0 Å². The smallest absolute Gasteiger partial charge is 0.278 e. The molecule has 10 heteroatoms. The molecule has 3 aromatic rings. The maximum Gasteiger partial charge on any atom is 0.278 e. The zero-order chi connectivity index (χ0) is 24.3. The van der Waals surface area contributed by atoms with E-state index < -0.39 is 40.9 Å². The fraction of sp³-hybridized carbons (Fsp3) is 0.280. The second kappa shape index (κ2) is 8.09. The van der Waals surface area contributed by atoms with Crippen LogP contribution in [0, 0.1) is 11.6 Å². The van der Waals surface area contributed by atoms with Gasteiger partial charge in [0.2, 0.25) is 5.43 Å². The standard InChI is InChI=1S/C25H21F2N3O5/c26-17-10-16-20(11-18(17)27)35-9-7-21-29(15-12-34-13-15)25(33)23-24(32)19(31)6-8-28(23)30(21)22(16)14-4-2-1-3-5-14/h1-6,8,10-11,15,21-22,32H,7,9,12-13H2/t21-,22+/m0/s1. The molecule has 1 fully saturated rings. The highest BCUT2D eigenvalue weighted by Crippen LogP contribution is 2.42. The predicted molar refractivity (Wildman–Crippen MR) is 120 cm³/mol. The van der Waals surface area contributed by atoms with Crippen molar-refractivity contribution in [2.45, 2.75) is 24.7 Å². The van der Waals surface area contributed by atoms with Crippen molar-refractivity contribution in [2.75, 3.05) is 24.8 Å². The molecule has 2 atom stereocenters. The average Bonchev–Trinajstić information content (AvgIpc) is 2.81. The van der Waals surface area contributed by atoms with E-state index in [2.05, 4.69) is 0 Å². The molecule has 0 saturated carbocycles. The molecule has 0 radical (unpaired) electrons. The summed E-state index contributed by atoms with van der Waals surface area (Å²) in [6.45, 7) is 0.738. The Morgan fingerprint density at radius 3 is 2.46 bits per heavy atom. The number of pyridine rings is 1. The van der Waals surface area contributed by atoms with E-state index in [-0.39, 0.29) is 24.1 Å². The van der Waals surface area contributed by atoms with Crippen molar-refractivity contribution < 1.29 is 28.2 Å². The fourth-order valence-corrected chi connectivity index (χ4v) is 5.07. The lowest BCUT2D eigenvalue weighted by Crippen LogP contribution is -2.68. The number of halogens is 2. The average molecular weight is 481 g/mol. The van der Waals surface area contributed by atoms with E-state index in [0.29, 0.717) is 25.2 Å². The molecule has 1 amide bonds. The summed E-state index contributed by atoms with van der Waals surface area (Å²) in [5, 5.41) is 12.5. The van der Waals surface area contributed by atoms with Crippen LogP contribution in [0.5, 0.6) is 11.5 Å². The number of aromatic nitrogens is 1. The summed E-state index contributed by atoms with van der Waals surface area (Å²) >= 11 is 0.